The van der Waals surface area contributed by atoms with Gasteiger partial charge in [0.1, 0.15) is 18.5 Å². The zero-order valence-electron chi connectivity index (χ0n) is 16.9. The van der Waals surface area contributed by atoms with Crippen LogP contribution in [0.1, 0.15) is 25.6 Å². The minimum Gasteiger partial charge on any atom is -0.491 e. The smallest absolute Gasteiger partial charge is 0.416 e. The number of alkyl halides is 3. The topological polar surface area (TPSA) is 87.7 Å². The number of aliphatic hydroxyl groups excluding tert-OH is 1. The van der Waals surface area contributed by atoms with Crippen LogP contribution >= 0.6 is 22.9 Å². The van der Waals surface area contributed by atoms with E-state index in [-0.39, 0.29) is 41.1 Å². The molecule has 0 aliphatic carbocycles. The minimum absolute atomic E-state index is 0.150. The van der Waals surface area contributed by atoms with E-state index in [9.17, 15) is 27.9 Å². The standard InChI is InChI=1S/C22H18ClF3N2O4S/c23-17-8-3-13(10-18(17)28-21(31)19-2-1-9-33-19)20(30)27-11-15(29)12-32-16-6-4-14(5-7-16)22(24,25)26/h1-10,15,29H,11-12H2,(H,27,30)(H,28,31). The summed E-state index contributed by atoms with van der Waals surface area (Å²) in [5, 5.41) is 17.2. The molecule has 1 aromatic heterocycles. The monoisotopic (exact) mass is 498 g/mol. The van der Waals surface area contributed by atoms with E-state index in [1.807, 2.05) is 0 Å². The number of rotatable bonds is 8. The van der Waals surface area contributed by atoms with Crippen LogP contribution in [0.15, 0.2) is 60.0 Å². The molecule has 1 heterocycles. The first-order valence-electron chi connectivity index (χ1n) is 9.54. The number of ether oxygens (including phenoxy) is 1. The van der Waals surface area contributed by atoms with Crippen LogP contribution in [0.25, 0.3) is 0 Å². The van der Waals surface area contributed by atoms with E-state index in [1.54, 1.807) is 17.5 Å². The Morgan fingerprint density at radius 1 is 1.09 bits per heavy atom. The Bertz CT molecular complexity index is 1110. The van der Waals surface area contributed by atoms with Crippen molar-refractivity contribution in [3.05, 3.63) is 81.0 Å². The number of hydrogen-bond acceptors (Lipinski definition) is 5. The lowest BCUT2D eigenvalue weighted by molar-refractivity contribution is -0.137. The number of amides is 2. The third kappa shape index (κ3) is 6.95. The summed E-state index contributed by atoms with van der Waals surface area (Å²) in [6, 6.07) is 11.8. The maximum absolute atomic E-state index is 12.6. The molecule has 2 aromatic carbocycles. The summed E-state index contributed by atoms with van der Waals surface area (Å²) in [5.74, 6) is -0.732. The van der Waals surface area contributed by atoms with Crippen LogP contribution in [0.4, 0.5) is 18.9 Å². The van der Waals surface area contributed by atoms with Gasteiger partial charge in [-0.3, -0.25) is 9.59 Å². The minimum atomic E-state index is -4.45. The summed E-state index contributed by atoms with van der Waals surface area (Å²) in [7, 11) is 0. The van der Waals surface area contributed by atoms with Gasteiger partial charge in [0, 0.05) is 12.1 Å². The third-order valence-corrected chi connectivity index (χ3v) is 5.54. The van der Waals surface area contributed by atoms with Gasteiger partial charge in [-0.25, -0.2) is 0 Å². The molecule has 0 aliphatic rings. The summed E-state index contributed by atoms with van der Waals surface area (Å²) < 4.78 is 43.0. The number of halogens is 4. The number of thiophene rings is 1. The molecule has 174 valence electrons. The highest BCUT2D eigenvalue weighted by Gasteiger charge is 2.30. The van der Waals surface area contributed by atoms with Gasteiger partial charge in [-0.15, -0.1) is 11.3 Å². The number of hydrogen-bond donors (Lipinski definition) is 3. The van der Waals surface area contributed by atoms with E-state index in [2.05, 4.69) is 10.6 Å². The van der Waals surface area contributed by atoms with Crippen molar-refractivity contribution in [2.45, 2.75) is 12.3 Å². The maximum atomic E-state index is 12.6. The summed E-state index contributed by atoms with van der Waals surface area (Å²) in [6.07, 6.45) is -5.56. The van der Waals surface area contributed by atoms with Crippen LogP contribution in [-0.4, -0.2) is 36.2 Å². The first-order valence-corrected chi connectivity index (χ1v) is 10.8. The van der Waals surface area contributed by atoms with E-state index >= 15 is 0 Å². The summed E-state index contributed by atoms with van der Waals surface area (Å²) >= 11 is 7.36. The van der Waals surface area contributed by atoms with Crippen molar-refractivity contribution in [3.8, 4) is 5.75 Å². The summed E-state index contributed by atoms with van der Waals surface area (Å²) in [4.78, 5) is 25.1. The quantitative estimate of drug-likeness (QED) is 0.414. The molecule has 0 saturated heterocycles. The molecule has 1 unspecified atom stereocenters. The fraction of sp³-hybridized carbons (Fsp3) is 0.182. The van der Waals surface area contributed by atoms with Crippen LogP contribution in [0.3, 0.4) is 0 Å². The predicted octanol–water partition coefficient (Wildman–Crippen LogP) is 4.84. The van der Waals surface area contributed by atoms with E-state index in [4.69, 9.17) is 16.3 Å². The number of aliphatic hydroxyl groups is 1. The van der Waals surface area contributed by atoms with Crippen molar-refractivity contribution in [1.29, 1.82) is 0 Å². The SMILES string of the molecule is O=C(NCC(O)COc1ccc(C(F)(F)F)cc1)c1ccc(Cl)c(NC(=O)c2cccs2)c1. The number of carbonyl (C=O) groups is 2. The molecule has 3 rings (SSSR count). The van der Waals surface area contributed by atoms with E-state index < -0.39 is 23.8 Å². The molecule has 0 bridgehead atoms. The van der Waals surface area contributed by atoms with Gasteiger partial charge in [-0.2, -0.15) is 13.2 Å². The second-order valence-corrected chi connectivity index (χ2v) is 8.18. The molecule has 3 aromatic rings. The average molecular weight is 499 g/mol. The van der Waals surface area contributed by atoms with E-state index in [0.29, 0.717) is 4.88 Å². The zero-order chi connectivity index (χ0) is 24.0. The number of nitrogens with one attached hydrogen (secondary N) is 2. The van der Waals surface area contributed by atoms with Gasteiger partial charge in [0.25, 0.3) is 11.8 Å². The Morgan fingerprint density at radius 2 is 1.82 bits per heavy atom. The third-order valence-electron chi connectivity index (χ3n) is 4.34. The molecular formula is C22H18ClF3N2O4S. The fourth-order valence-corrected chi connectivity index (χ4v) is 3.44. The number of anilines is 1. The molecular weight excluding hydrogens is 481 g/mol. The van der Waals surface area contributed by atoms with Gasteiger partial charge in [0.05, 0.1) is 21.2 Å². The normalized spacial score (nSPS) is 12.2. The molecule has 0 radical (unpaired) electrons. The second-order valence-electron chi connectivity index (χ2n) is 6.82. The van der Waals surface area contributed by atoms with Crippen molar-refractivity contribution in [2.24, 2.45) is 0 Å². The van der Waals surface area contributed by atoms with Crippen molar-refractivity contribution >= 4 is 40.4 Å². The highest BCUT2D eigenvalue weighted by molar-refractivity contribution is 7.12. The largest absolute Gasteiger partial charge is 0.491 e. The molecule has 1 atom stereocenters. The number of benzene rings is 2. The first-order chi connectivity index (χ1) is 15.6. The Balaban J connectivity index is 1.51. The van der Waals surface area contributed by atoms with E-state index in [0.717, 1.165) is 24.3 Å². The first kappa shape index (κ1) is 24.6. The van der Waals surface area contributed by atoms with Crippen molar-refractivity contribution in [3.63, 3.8) is 0 Å². The van der Waals surface area contributed by atoms with Crippen molar-refractivity contribution < 1.29 is 32.6 Å². The Hall–Kier alpha value is -3.08. The van der Waals surface area contributed by atoms with Gasteiger partial charge in [0.15, 0.2) is 0 Å². The Labute approximate surface area is 196 Å². The van der Waals surface area contributed by atoms with Crippen molar-refractivity contribution in [2.75, 3.05) is 18.5 Å². The fourth-order valence-electron chi connectivity index (χ4n) is 2.66. The molecule has 0 spiro atoms. The average Bonchev–Trinajstić information content (AvgIpc) is 3.32. The lowest BCUT2D eigenvalue weighted by atomic mass is 10.1. The number of carbonyl (C=O) groups excluding carboxylic acids is 2. The molecule has 11 heteroatoms. The summed E-state index contributed by atoms with van der Waals surface area (Å²) in [6.45, 7) is -0.409. The van der Waals surface area contributed by atoms with Gasteiger partial charge >= 0.3 is 6.18 Å². The highest BCUT2D eigenvalue weighted by Crippen LogP contribution is 2.30. The second kappa shape index (κ2) is 10.7. The van der Waals surface area contributed by atoms with Crippen LogP contribution in [0.2, 0.25) is 5.02 Å². The van der Waals surface area contributed by atoms with Crippen LogP contribution in [0, 0.1) is 0 Å². The Kier molecular flexibility index (Phi) is 7.96. The van der Waals surface area contributed by atoms with Crippen LogP contribution in [-0.2, 0) is 6.18 Å². The van der Waals surface area contributed by atoms with Crippen LogP contribution < -0.4 is 15.4 Å². The molecule has 3 N–H and O–H groups in total. The maximum Gasteiger partial charge on any atom is 0.416 e. The Morgan fingerprint density at radius 3 is 2.45 bits per heavy atom. The lowest BCUT2D eigenvalue weighted by Gasteiger charge is -2.14. The van der Waals surface area contributed by atoms with Gasteiger partial charge in [-0.05, 0) is 53.9 Å². The predicted molar refractivity (Wildman–Crippen MR) is 119 cm³/mol. The zero-order valence-corrected chi connectivity index (χ0v) is 18.4. The molecule has 0 saturated carbocycles. The van der Waals surface area contributed by atoms with E-state index in [1.165, 1.54) is 29.5 Å². The molecule has 2 amide bonds. The lowest BCUT2D eigenvalue weighted by Crippen LogP contribution is -2.35. The van der Waals surface area contributed by atoms with Gasteiger partial charge in [-0.1, -0.05) is 17.7 Å². The molecule has 6 nitrogen and oxygen atoms in total. The van der Waals surface area contributed by atoms with Crippen molar-refractivity contribution in [1.82, 2.24) is 5.32 Å². The highest BCUT2D eigenvalue weighted by atomic mass is 35.5. The summed E-state index contributed by atoms with van der Waals surface area (Å²) in [5.41, 5.74) is -0.345. The molecule has 0 fully saturated rings. The van der Waals surface area contributed by atoms with Crippen LogP contribution in [0.5, 0.6) is 5.75 Å². The molecule has 33 heavy (non-hydrogen) atoms. The molecule has 0 aliphatic heterocycles. The van der Waals surface area contributed by atoms with Gasteiger partial charge in [0.2, 0.25) is 0 Å². The van der Waals surface area contributed by atoms with Gasteiger partial charge < -0.3 is 20.5 Å².